The van der Waals surface area contributed by atoms with Crippen LogP contribution in [0.3, 0.4) is 0 Å². The van der Waals surface area contributed by atoms with Crippen LogP contribution in [0.4, 0.5) is 5.69 Å². The minimum Gasteiger partial charge on any atom is -0.323 e. The van der Waals surface area contributed by atoms with Crippen molar-refractivity contribution in [3.8, 4) is 6.07 Å². The van der Waals surface area contributed by atoms with E-state index in [1.54, 1.807) is 13.0 Å². The number of nitrogens with zero attached hydrogens (tertiary/aromatic N) is 2. The van der Waals surface area contributed by atoms with Gasteiger partial charge in [-0.2, -0.15) is 5.26 Å². The molecule has 0 atom stereocenters. The second-order valence-electron chi connectivity index (χ2n) is 2.53. The van der Waals surface area contributed by atoms with Gasteiger partial charge in [0.25, 0.3) is 0 Å². The molecule has 0 aliphatic heterocycles. The van der Waals surface area contributed by atoms with Crippen LogP contribution in [0.15, 0.2) is 6.07 Å². The first kappa shape index (κ1) is 8.50. The highest BCUT2D eigenvalue weighted by Crippen LogP contribution is 2.16. The molecule has 0 radical (unpaired) electrons. The monoisotopic (exact) mass is 162 g/mol. The van der Waals surface area contributed by atoms with Crippen LogP contribution in [0.1, 0.15) is 17.0 Å². The van der Waals surface area contributed by atoms with E-state index in [9.17, 15) is 0 Å². The van der Waals surface area contributed by atoms with Crippen molar-refractivity contribution in [3.63, 3.8) is 0 Å². The van der Waals surface area contributed by atoms with Gasteiger partial charge in [-0.05, 0) is 19.9 Å². The van der Waals surface area contributed by atoms with E-state index in [1.807, 2.05) is 13.0 Å². The summed E-state index contributed by atoms with van der Waals surface area (Å²) >= 11 is 0. The molecule has 3 N–H and O–H groups in total. The van der Waals surface area contributed by atoms with Crippen LogP contribution in [-0.4, -0.2) is 4.98 Å². The molecular formula is C8H10N4. The summed E-state index contributed by atoms with van der Waals surface area (Å²) in [5, 5.41) is 8.74. The molecule has 0 spiro atoms. The lowest BCUT2D eigenvalue weighted by Gasteiger charge is -2.05. The standard InChI is InChI=1S/C8H10N4/c1-5-3-8(12-10)7(4-9)6(2)11-5/h3H,10H2,1-2H3,(H,11,12). The summed E-state index contributed by atoms with van der Waals surface area (Å²) < 4.78 is 0. The van der Waals surface area contributed by atoms with Gasteiger partial charge in [-0.3, -0.25) is 10.8 Å². The zero-order valence-corrected chi connectivity index (χ0v) is 7.05. The lowest BCUT2D eigenvalue weighted by atomic mass is 10.1. The Bertz CT molecular complexity index is 338. The van der Waals surface area contributed by atoms with Crippen LogP contribution in [0.2, 0.25) is 0 Å². The van der Waals surface area contributed by atoms with Crippen molar-refractivity contribution in [2.75, 3.05) is 5.43 Å². The summed E-state index contributed by atoms with van der Waals surface area (Å²) in [6.45, 7) is 3.64. The molecule has 4 heteroatoms. The number of nitrogens with two attached hydrogens (primary N) is 1. The highest BCUT2D eigenvalue weighted by Gasteiger charge is 2.05. The van der Waals surface area contributed by atoms with Gasteiger partial charge in [0.15, 0.2) is 0 Å². The molecule has 1 heterocycles. The molecule has 0 saturated heterocycles. The minimum absolute atomic E-state index is 0.503. The highest BCUT2D eigenvalue weighted by molar-refractivity contribution is 5.58. The van der Waals surface area contributed by atoms with Gasteiger partial charge in [0.2, 0.25) is 0 Å². The third kappa shape index (κ3) is 1.36. The number of aromatic nitrogens is 1. The second-order valence-corrected chi connectivity index (χ2v) is 2.53. The van der Waals surface area contributed by atoms with Gasteiger partial charge < -0.3 is 5.43 Å². The summed E-state index contributed by atoms with van der Waals surface area (Å²) in [7, 11) is 0. The van der Waals surface area contributed by atoms with Crippen molar-refractivity contribution in [3.05, 3.63) is 23.0 Å². The first-order valence-corrected chi connectivity index (χ1v) is 3.54. The van der Waals surface area contributed by atoms with Gasteiger partial charge >= 0.3 is 0 Å². The normalized spacial score (nSPS) is 9.17. The molecule has 0 aliphatic carbocycles. The van der Waals surface area contributed by atoms with Crippen molar-refractivity contribution in [2.45, 2.75) is 13.8 Å². The Kier molecular flexibility index (Phi) is 2.26. The Morgan fingerprint density at radius 3 is 2.75 bits per heavy atom. The molecule has 1 aromatic heterocycles. The molecule has 4 nitrogen and oxygen atoms in total. The van der Waals surface area contributed by atoms with E-state index < -0.39 is 0 Å². The summed E-state index contributed by atoms with van der Waals surface area (Å²) in [6.07, 6.45) is 0. The van der Waals surface area contributed by atoms with Crippen LogP contribution >= 0.6 is 0 Å². The lowest BCUT2D eigenvalue weighted by Crippen LogP contribution is -2.10. The van der Waals surface area contributed by atoms with E-state index in [0.29, 0.717) is 16.9 Å². The van der Waals surface area contributed by atoms with Crippen LogP contribution in [0.5, 0.6) is 0 Å². The maximum absolute atomic E-state index is 8.74. The van der Waals surface area contributed by atoms with Crippen LogP contribution in [0, 0.1) is 25.2 Å². The molecule has 0 bridgehead atoms. The fourth-order valence-electron chi connectivity index (χ4n) is 1.08. The van der Waals surface area contributed by atoms with E-state index in [4.69, 9.17) is 11.1 Å². The number of rotatable bonds is 1. The average molecular weight is 162 g/mol. The van der Waals surface area contributed by atoms with Gasteiger partial charge in [-0.15, -0.1) is 0 Å². The molecule has 1 aromatic rings. The highest BCUT2D eigenvalue weighted by atomic mass is 15.2. The Morgan fingerprint density at radius 1 is 1.58 bits per heavy atom. The van der Waals surface area contributed by atoms with Gasteiger partial charge in [-0.25, -0.2) is 0 Å². The van der Waals surface area contributed by atoms with E-state index in [-0.39, 0.29) is 0 Å². The summed E-state index contributed by atoms with van der Waals surface area (Å²) in [5.41, 5.74) is 5.14. The SMILES string of the molecule is Cc1cc(NN)c(C#N)c(C)n1. The fraction of sp³-hybridized carbons (Fsp3) is 0.250. The number of hydrogen-bond donors (Lipinski definition) is 2. The Labute approximate surface area is 71.0 Å². The molecule has 0 aromatic carbocycles. The minimum atomic E-state index is 0.503. The zero-order valence-electron chi connectivity index (χ0n) is 7.05. The number of aryl methyl sites for hydroxylation is 2. The van der Waals surface area contributed by atoms with E-state index in [1.165, 1.54) is 0 Å². The number of hydrazine groups is 1. The number of nitriles is 1. The molecule has 62 valence electrons. The summed E-state index contributed by atoms with van der Waals surface area (Å²) in [6, 6.07) is 3.78. The predicted octanol–water partition coefficient (Wildman–Crippen LogP) is 0.856. The summed E-state index contributed by atoms with van der Waals surface area (Å²) in [5.74, 6) is 5.24. The largest absolute Gasteiger partial charge is 0.323 e. The van der Waals surface area contributed by atoms with Crippen molar-refractivity contribution >= 4 is 5.69 Å². The molecule has 0 aliphatic rings. The average Bonchev–Trinajstić information content (AvgIpc) is 2.03. The Hall–Kier alpha value is -1.60. The van der Waals surface area contributed by atoms with Crippen molar-refractivity contribution in [1.29, 1.82) is 5.26 Å². The van der Waals surface area contributed by atoms with Crippen LogP contribution in [0.25, 0.3) is 0 Å². The van der Waals surface area contributed by atoms with Crippen molar-refractivity contribution in [2.24, 2.45) is 5.84 Å². The zero-order chi connectivity index (χ0) is 9.14. The van der Waals surface area contributed by atoms with Gasteiger partial charge in [0.05, 0.1) is 16.9 Å². The van der Waals surface area contributed by atoms with E-state index in [0.717, 1.165) is 5.69 Å². The lowest BCUT2D eigenvalue weighted by molar-refractivity contribution is 1.10. The van der Waals surface area contributed by atoms with Crippen molar-refractivity contribution in [1.82, 2.24) is 4.98 Å². The molecular weight excluding hydrogens is 152 g/mol. The maximum atomic E-state index is 8.74. The molecule has 0 amide bonds. The van der Waals surface area contributed by atoms with E-state index >= 15 is 0 Å². The smallest absolute Gasteiger partial charge is 0.103 e. The third-order valence-corrected chi connectivity index (χ3v) is 1.60. The van der Waals surface area contributed by atoms with Gasteiger partial charge in [0.1, 0.15) is 6.07 Å². The molecule has 0 fully saturated rings. The van der Waals surface area contributed by atoms with Crippen LogP contribution in [-0.2, 0) is 0 Å². The molecule has 0 saturated carbocycles. The number of anilines is 1. The number of nitrogens with one attached hydrogen (secondary N) is 1. The Balaban J connectivity index is 3.36. The number of hydrogen-bond acceptors (Lipinski definition) is 4. The molecule has 0 unspecified atom stereocenters. The third-order valence-electron chi connectivity index (χ3n) is 1.60. The van der Waals surface area contributed by atoms with Gasteiger partial charge in [0, 0.05) is 5.69 Å². The first-order valence-electron chi connectivity index (χ1n) is 3.54. The van der Waals surface area contributed by atoms with Gasteiger partial charge in [-0.1, -0.05) is 0 Å². The number of pyridine rings is 1. The quantitative estimate of drug-likeness (QED) is 0.474. The molecule has 1 rings (SSSR count). The van der Waals surface area contributed by atoms with E-state index in [2.05, 4.69) is 10.4 Å². The maximum Gasteiger partial charge on any atom is 0.103 e. The summed E-state index contributed by atoms with van der Waals surface area (Å²) in [4.78, 5) is 4.13. The Morgan fingerprint density at radius 2 is 2.25 bits per heavy atom. The second kappa shape index (κ2) is 3.20. The predicted molar refractivity (Wildman–Crippen MR) is 46.2 cm³/mol. The van der Waals surface area contributed by atoms with Crippen LogP contribution < -0.4 is 11.3 Å². The fourth-order valence-corrected chi connectivity index (χ4v) is 1.08. The van der Waals surface area contributed by atoms with Crippen molar-refractivity contribution < 1.29 is 0 Å². The topological polar surface area (TPSA) is 74.7 Å². The molecule has 12 heavy (non-hydrogen) atoms. The first-order chi connectivity index (χ1) is 5.69. The number of nitrogen functional groups attached to an aromatic ring is 1.